The smallest absolute Gasteiger partial charge is 0.330 e. The summed E-state index contributed by atoms with van der Waals surface area (Å²) in [5, 5.41) is 0. The molecule has 0 heterocycles. The minimum atomic E-state index is -0.294. The Labute approximate surface area is 73.9 Å². The number of rotatable bonds is 5. The van der Waals surface area contributed by atoms with Crippen molar-refractivity contribution >= 4 is 5.97 Å². The second-order valence-corrected chi connectivity index (χ2v) is 2.57. The number of ether oxygens (including phenoxy) is 1. The van der Waals surface area contributed by atoms with E-state index in [9.17, 15) is 4.79 Å². The molecular formula is C10H16O2. The lowest BCUT2D eigenvalue weighted by atomic mass is 10.1. The van der Waals surface area contributed by atoms with Crippen molar-refractivity contribution in [2.75, 3.05) is 7.11 Å². The van der Waals surface area contributed by atoms with E-state index < -0.39 is 0 Å². The van der Waals surface area contributed by atoms with Crippen molar-refractivity contribution in [1.29, 1.82) is 0 Å². The van der Waals surface area contributed by atoms with Gasteiger partial charge in [0.05, 0.1) is 7.11 Å². The Balaban J connectivity index is 3.48. The molecule has 0 aliphatic rings. The maximum atomic E-state index is 10.6. The highest BCUT2D eigenvalue weighted by Gasteiger charge is 1.91. The predicted molar refractivity (Wildman–Crippen MR) is 49.8 cm³/mol. The molecule has 0 saturated heterocycles. The van der Waals surface area contributed by atoms with Crippen molar-refractivity contribution in [3.05, 3.63) is 24.3 Å². The van der Waals surface area contributed by atoms with Crippen molar-refractivity contribution in [2.24, 2.45) is 0 Å². The van der Waals surface area contributed by atoms with Crippen LogP contribution in [0, 0.1) is 0 Å². The summed E-state index contributed by atoms with van der Waals surface area (Å²) in [5.41, 5.74) is 1.21. The van der Waals surface area contributed by atoms with Crippen LogP contribution in [0.5, 0.6) is 0 Å². The van der Waals surface area contributed by atoms with Gasteiger partial charge in [-0.1, -0.05) is 25.2 Å². The van der Waals surface area contributed by atoms with Gasteiger partial charge in [0.2, 0.25) is 0 Å². The average molecular weight is 168 g/mol. The summed E-state index contributed by atoms with van der Waals surface area (Å²) in [6, 6.07) is 0. The van der Waals surface area contributed by atoms with Gasteiger partial charge in [-0.05, 0) is 19.3 Å². The van der Waals surface area contributed by atoms with Crippen LogP contribution in [0.25, 0.3) is 0 Å². The fraction of sp³-hybridized carbons (Fsp3) is 0.500. The number of allylic oxidation sites excluding steroid dienone is 2. The molecular weight excluding hydrogens is 152 g/mol. The van der Waals surface area contributed by atoms with Gasteiger partial charge in [-0.3, -0.25) is 0 Å². The van der Waals surface area contributed by atoms with E-state index >= 15 is 0 Å². The largest absolute Gasteiger partial charge is 0.466 e. The van der Waals surface area contributed by atoms with Crippen LogP contribution >= 0.6 is 0 Å². The molecule has 68 valence electrons. The first kappa shape index (κ1) is 11.0. The Morgan fingerprint density at radius 2 is 2.25 bits per heavy atom. The molecule has 0 radical (unpaired) electrons. The lowest BCUT2D eigenvalue weighted by molar-refractivity contribution is -0.134. The van der Waals surface area contributed by atoms with Crippen molar-refractivity contribution in [3.63, 3.8) is 0 Å². The quantitative estimate of drug-likeness (QED) is 0.358. The molecule has 0 fully saturated rings. The zero-order valence-corrected chi connectivity index (χ0v) is 7.80. The lowest BCUT2D eigenvalue weighted by Crippen LogP contribution is -1.93. The van der Waals surface area contributed by atoms with Gasteiger partial charge in [0.25, 0.3) is 0 Å². The van der Waals surface area contributed by atoms with Crippen LogP contribution in [0.2, 0.25) is 0 Å². The van der Waals surface area contributed by atoms with Crippen molar-refractivity contribution in [2.45, 2.75) is 26.2 Å². The number of carbonyl (C=O) groups is 1. The van der Waals surface area contributed by atoms with E-state index in [1.54, 1.807) is 0 Å². The number of methoxy groups -OCH3 is 1. The highest BCUT2D eigenvalue weighted by Crippen LogP contribution is 2.06. The summed E-state index contributed by atoms with van der Waals surface area (Å²) in [6.07, 6.45) is 6.08. The van der Waals surface area contributed by atoms with Crippen LogP contribution < -0.4 is 0 Å². The molecule has 0 aromatic carbocycles. The third kappa shape index (κ3) is 5.71. The van der Waals surface area contributed by atoms with E-state index in [0.717, 1.165) is 19.3 Å². The number of carbonyl (C=O) groups excluding carboxylic acids is 1. The summed E-state index contributed by atoms with van der Waals surface area (Å²) < 4.78 is 4.44. The van der Waals surface area contributed by atoms with Gasteiger partial charge < -0.3 is 4.74 Å². The van der Waals surface area contributed by atoms with Crippen LogP contribution in [0.15, 0.2) is 24.3 Å². The number of hydrogen-bond donors (Lipinski definition) is 0. The second kappa shape index (κ2) is 6.65. The van der Waals surface area contributed by atoms with Gasteiger partial charge in [0, 0.05) is 6.08 Å². The summed E-state index contributed by atoms with van der Waals surface area (Å²) in [5.74, 6) is -0.294. The van der Waals surface area contributed by atoms with Crippen molar-refractivity contribution < 1.29 is 9.53 Å². The van der Waals surface area contributed by atoms with E-state index in [4.69, 9.17) is 0 Å². The monoisotopic (exact) mass is 168 g/mol. The van der Waals surface area contributed by atoms with Crippen LogP contribution in [-0.4, -0.2) is 13.1 Å². The second-order valence-electron chi connectivity index (χ2n) is 2.57. The lowest BCUT2D eigenvalue weighted by Gasteiger charge is -1.96. The predicted octanol–water partition coefficient (Wildman–Crippen LogP) is 2.46. The highest BCUT2D eigenvalue weighted by atomic mass is 16.5. The Hall–Kier alpha value is -1.05. The molecule has 0 atom stereocenters. The van der Waals surface area contributed by atoms with Crippen LogP contribution in [0.4, 0.5) is 0 Å². The van der Waals surface area contributed by atoms with Crippen LogP contribution in [0.1, 0.15) is 26.2 Å². The highest BCUT2D eigenvalue weighted by molar-refractivity contribution is 5.81. The number of hydrogen-bond acceptors (Lipinski definition) is 2. The Morgan fingerprint density at radius 3 is 2.75 bits per heavy atom. The summed E-state index contributed by atoms with van der Waals surface area (Å²) in [4.78, 5) is 10.6. The van der Waals surface area contributed by atoms with E-state index in [0.29, 0.717) is 0 Å². The van der Waals surface area contributed by atoms with E-state index in [2.05, 4.69) is 18.2 Å². The minimum Gasteiger partial charge on any atom is -0.466 e. The molecule has 0 aromatic rings. The molecule has 2 nitrogen and oxygen atoms in total. The van der Waals surface area contributed by atoms with E-state index in [-0.39, 0.29) is 5.97 Å². The third-order valence-electron chi connectivity index (χ3n) is 1.62. The molecule has 0 bridgehead atoms. The first-order chi connectivity index (χ1) is 5.70. The molecule has 0 saturated carbocycles. The molecule has 0 aliphatic carbocycles. The molecule has 0 rings (SSSR count). The molecule has 0 N–H and O–H groups in total. The standard InChI is InChI=1S/C10H16O2/c1-4-9(2)7-5-6-8-10(11)12-3/h6,8H,2,4-5,7H2,1,3H3. The summed E-state index contributed by atoms with van der Waals surface area (Å²) in [6.45, 7) is 5.94. The zero-order chi connectivity index (χ0) is 9.40. The maximum Gasteiger partial charge on any atom is 0.330 e. The normalized spacial score (nSPS) is 10.2. The topological polar surface area (TPSA) is 26.3 Å². The van der Waals surface area contributed by atoms with Gasteiger partial charge in [-0.25, -0.2) is 4.79 Å². The number of esters is 1. The van der Waals surface area contributed by atoms with Crippen LogP contribution in [-0.2, 0) is 9.53 Å². The molecule has 0 unspecified atom stereocenters. The van der Waals surface area contributed by atoms with Gasteiger partial charge in [0.15, 0.2) is 0 Å². The first-order valence-corrected chi connectivity index (χ1v) is 4.11. The molecule has 0 aromatic heterocycles. The van der Waals surface area contributed by atoms with Crippen molar-refractivity contribution in [3.8, 4) is 0 Å². The molecule has 2 heteroatoms. The molecule has 0 spiro atoms. The Bertz CT molecular complexity index is 180. The molecule has 12 heavy (non-hydrogen) atoms. The average Bonchev–Trinajstić information content (AvgIpc) is 2.11. The molecule has 0 aliphatic heterocycles. The van der Waals surface area contributed by atoms with Gasteiger partial charge in [-0.2, -0.15) is 0 Å². The van der Waals surface area contributed by atoms with Crippen LogP contribution in [0.3, 0.4) is 0 Å². The van der Waals surface area contributed by atoms with E-state index in [1.165, 1.54) is 18.8 Å². The van der Waals surface area contributed by atoms with Gasteiger partial charge in [0.1, 0.15) is 0 Å². The first-order valence-electron chi connectivity index (χ1n) is 4.11. The van der Waals surface area contributed by atoms with Crippen molar-refractivity contribution in [1.82, 2.24) is 0 Å². The van der Waals surface area contributed by atoms with E-state index in [1.807, 2.05) is 6.08 Å². The minimum absolute atomic E-state index is 0.294. The fourth-order valence-corrected chi connectivity index (χ4v) is 0.712. The fourth-order valence-electron chi connectivity index (χ4n) is 0.712. The SMILES string of the molecule is C=C(CC)CCC=CC(=O)OC. The maximum absolute atomic E-state index is 10.6. The Morgan fingerprint density at radius 1 is 1.58 bits per heavy atom. The zero-order valence-electron chi connectivity index (χ0n) is 7.80. The van der Waals surface area contributed by atoms with Gasteiger partial charge in [-0.15, -0.1) is 0 Å². The summed E-state index contributed by atoms with van der Waals surface area (Å²) in [7, 11) is 1.37. The molecule has 0 amide bonds. The van der Waals surface area contributed by atoms with Gasteiger partial charge >= 0.3 is 5.97 Å². The third-order valence-corrected chi connectivity index (χ3v) is 1.62. The summed E-state index contributed by atoms with van der Waals surface area (Å²) >= 11 is 0. The Kier molecular flexibility index (Phi) is 6.07.